The summed E-state index contributed by atoms with van der Waals surface area (Å²) in [4.78, 5) is 14.1. The van der Waals surface area contributed by atoms with Crippen LogP contribution in [0.3, 0.4) is 0 Å². The van der Waals surface area contributed by atoms with E-state index >= 15 is 0 Å². The predicted octanol–water partition coefficient (Wildman–Crippen LogP) is 1.71. The number of carbonyl (C=O) groups excluding carboxylic acids is 1. The van der Waals surface area contributed by atoms with Gasteiger partial charge in [-0.3, -0.25) is 4.79 Å². The van der Waals surface area contributed by atoms with Gasteiger partial charge in [0.05, 0.1) is 19.3 Å². The molecule has 1 aliphatic rings. The van der Waals surface area contributed by atoms with Crippen LogP contribution in [0.1, 0.15) is 18.9 Å². The maximum absolute atomic E-state index is 12.5. The third-order valence-electron chi connectivity index (χ3n) is 3.82. The van der Waals surface area contributed by atoms with Crippen molar-refractivity contribution >= 4 is 23.6 Å². The summed E-state index contributed by atoms with van der Waals surface area (Å²) >= 11 is 6.07. The summed E-state index contributed by atoms with van der Waals surface area (Å²) in [7, 11) is 0. The highest BCUT2D eigenvalue weighted by Crippen LogP contribution is 2.19. The molecule has 3 atom stereocenters. The summed E-state index contributed by atoms with van der Waals surface area (Å²) in [6.45, 7) is 2.72. The van der Waals surface area contributed by atoms with Gasteiger partial charge in [-0.1, -0.05) is 36.7 Å². The van der Waals surface area contributed by atoms with E-state index in [4.69, 9.17) is 16.3 Å². The summed E-state index contributed by atoms with van der Waals surface area (Å²) in [6, 6.07) is 6.68. The SMILES string of the molecule is CCCN(C(=O)/C=C/c1ccccc1Cl)[C@@H]1COC[C@@H](O)[C@H]1O. The number of hydrogen-bond acceptors (Lipinski definition) is 4. The van der Waals surface area contributed by atoms with E-state index in [1.165, 1.54) is 6.08 Å². The Morgan fingerprint density at radius 3 is 2.83 bits per heavy atom. The van der Waals surface area contributed by atoms with Crippen LogP contribution >= 0.6 is 11.6 Å². The normalized spacial score (nSPS) is 24.8. The zero-order chi connectivity index (χ0) is 16.8. The zero-order valence-corrected chi connectivity index (χ0v) is 13.8. The molecule has 1 heterocycles. The molecule has 1 aromatic carbocycles. The highest BCUT2D eigenvalue weighted by Gasteiger charge is 2.36. The number of hydrogen-bond donors (Lipinski definition) is 2. The Bertz CT molecular complexity index is 563. The Morgan fingerprint density at radius 2 is 2.13 bits per heavy atom. The second-order valence-corrected chi connectivity index (χ2v) is 5.96. The number of ether oxygens (including phenoxy) is 1. The molecule has 0 unspecified atom stereocenters. The van der Waals surface area contributed by atoms with Gasteiger partial charge in [0.15, 0.2) is 0 Å². The molecule has 1 aliphatic heterocycles. The van der Waals surface area contributed by atoms with Crippen LogP contribution in [0.15, 0.2) is 30.3 Å². The van der Waals surface area contributed by atoms with Crippen LogP contribution in [0.25, 0.3) is 6.08 Å². The first kappa shape index (κ1) is 17.9. The molecule has 126 valence electrons. The summed E-state index contributed by atoms with van der Waals surface area (Å²) in [6.07, 6.45) is 1.84. The van der Waals surface area contributed by atoms with E-state index in [-0.39, 0.29) is 19.1 Å². The Hall–Kier alpha value is -1.40. The number of amides is 1. The Balaban J connectivity index is 2.13. The predicted molar refractivity (Wildman–Crippen MR) is 89.1 cm³/mol. The van der Waals surface area contributed by atoms with Gasteiger partial charge in [0, 0.05) is 17.6 Å². The van der Waals surface area contributed by atoms with E-state index in [0.29, 0.717) is 11.6 Å². The van der Waals surface area contributed by atoms with Gasteiger partial charge >= 0.3 is 0 Å². The molecule has 23 heavy (non-hydrogen) atoms. The van der Waals surface area contributed by atoms with E-state index in [2.05, 4.69) is 0 Å². The summed E-state index contributed by atoms with van der Waals surface area (Å²) in [5, 5.41) is 20.5. The molecule has 0 aromatic heterocycles. The van der Waals surface area contributed by atoms with Gasteiger partial charge in [0.25, 0.3) is 0 Å². The van der Waals surface area contributed by atoms with Crippen molar-refractivity contribution < 1.29 is 19.7 Å². The van der Waals surface area contributed by atoms with Gasteiger partial charge in [-0.2, -0.15) is 0 Å². The van der Waals surface area contributed by atoms with Crippen LogP contribution in [0, 0.1) is 0 Å². The van der Waals surface area contributed by atoms with E-state index in [1.807, 2.05) is 25.1 Å². The van der Waals surface area contributed by atoms with Crippen molar-refractivity contribution in [3.05, 3.63) is 40.9 Å². The van der Waals surface area contributed by atoms with Gasteiger partial charge in [0.1, 0.15) is 12.2 Å². The van der Waals surface area contributed by atoms with E-state index in [0.717, 1.165) is 12.0 Å². The highest BCUT2D eigenvalue weighted by atomic mass is 35.5. The van der Waals surface area contributed by atoms with Gasteiger partial charge in [-0.15, -0.1) is 0 Å². The molecule has 2 N–H and O–H groups in total. The molecule has 1 saturated heterocycles. The standard InChI is InChI=1S/C17H22ClNO4/c1-2-9-19(14-10-23-11-15(20)17(14)22)16(21)8-7-12-5-3-4-6-13(12)18/h3-8,14-15,17,20,22H,2,9-11H2,1H3/b8-7+/t14-,15-,17+/m1/s1. The fraction of sp³-hybridized carbons (Fsp3) is 0.471. The van der Waals surface area contributed by atoms with Gasteiger partial charge in [-0.05, 0) is 24.1 Å². The number of aliphatic hydroxyl groups is 2. The lowest BCUT2D eigenvalue weighted by Gasteiger charge is -2.39. The molecular weight excluding hydrogens is 318 g/mol. The second-order valence-electron chi connectivity index (χ2n) is 5.55. The smallest absolute Gasteiger partial charge is 0.246 e. The van der Waals surface area contributed by atoms with E-state index in [1.54, 1.807) is 17.0 Å². The monoisotopic (exact) mass is 339 g/mol. The van der Waals surface area contributed by atoms with Crippen molar-refractivity contribution in [3.8, 4) is 0 Å². The van der Waals surface area contributed by atoms with Gasteiger partial charge < -0.3 is 19.8 Å². The molecular formula is C17H22ClNO4. The lowest BCUT2D eigenvalue weighted by molar-refractivity contribution is -0.152. The van der Waals surface area contributed by atoms with Gasteiger partial charge in [0.2, 0.25) is 5.91 Å². The Morgan fingerprint density at radius 1 is 1.39 bits per heavy atom. The van der Waals surface area contributed by atoms with Gasteiger partial charge in [-0.25, -0.2) is 0 Å². The summed E-state index contributed by atoms with van der Waals surface area (Å²) in [5.41, 5.74) is 0.749. The molecule has 1 aromatic rings. The molecule has 2 rings (SSSR count). The number of carbonyl (C=O) groups is 1. The van der Waals surface area contributed by atoms with E-state index in [9.17, 15) is 15.0 Å². The minimum Gasteiger partial charge on any atom is -0.388 e. The van der Waals surface area contributed by atoms with Crippen LogP contribution in [0.2, 0.25) is 5.02 Å². The fourth-order valence-electron chi connectivity index (χ4n) is 2.58. The highest BCUT2D eigenvalue weighted by molar-refractivity contribution is 6.32. The van der Waals surface area contributed by atoms with Crippen molar-refractivity contribution in [1.29, 1.82) is 0 Å². The molecule has 5 nitrogen and oxygen atoms in total. The lowest BCUT2D eigenvalue weighted by Crippen LogP contribution is -2.57. The molecule has 0 radical (unpaired) electrons. The first-order chi connectivity index (χ1) is 11.0. The van der Waals surface area contributed by atoms with Crippen LogP contribution in [0.5, 0.6) is 0 Å². The number of benzene rings is 1. The summed E-state index contributed by atoms with van der Waals surface area (Å²) < 4.78 is 5.28. The molecule has 1 amide bonds. The molecule has 0 saturated carbocycles. The minimum atomic E-state index is -1.01. The molecule has 1 fully saturated rings. The van der Waals surface area contributed by atoms with Crippen molar-refractivity contribution in [2.24, 2.45) is 0 Å². The summed E-state index contributed by atoms with van der Waals surface area (Å²) in [5.74, 6) is -0.242. The number of nitrogens with zero attached hydrogens (tertiary/aromatic N) is 1. The molecule has 6 heteroatoms. The Kier molecular flexibility index (Phi) is 6.59. The zero-order valence-electron chi connectivity index (χ0n) is 13.1. The number of aliphatic hydroxyl groups excluding tert-OH is 2. The largest absolute Gasteiger partial charge is 0.388 e. The minimum absolute atomic E-state index is 0.0846. The third kappa shape index (κ3) is 4.54. The topological polar surface area (TPSA) is 70.0 Å². The fourth-order valence-corrected chi connectivity index (χ4v) is 2.78. The third-order valence-corrected chi connectivity index (χ3v) is 4.17. The maximum atomic E-state index is 12.5. The van der Waals surface area contributed by atoms with Crippen LogP contribution in [-0.2, 0) is 9.53 Å². The average molecular weight is 340 g/mol. The average Bonchev–Trinajstić information content (AvgIpc) is 2.54. The lowest BCUT2D eigenvalue weighted by atomic mass is 10.0. The van der Waals surface area contributed by atoms with Crippen molar-refractivity contribution in [2.75, 3.05) is 19.8 Å². The van der Waals surface area contributed by atoms with Crippen LogP contribution in [-0.4, -0.2) is 59.0 Å². The van der Waals surface area contributed by atoms with Crippen molar-refractivity contribution in [2.45, 2.75) is 31.6 Å². The van der Waals surface area contributed by atoms with Crippen molar-refractivity contribution in [3.63, 3.8) is 0 Å². The number of rotatable bonds is 5. The Labute approximate surface area is 141 Å². The maximum Gasteiger partial charge on any atom is 0.246 e. The van der Waals surface area contributed by atoms with Crippen LogP contribution < -0.4 is 0 Å². The molecule has 0 aliphatic carbocycles. The molecule has 0 spiro atoms. The van der Waals surface area contributed by atoms with Crippen LogP contribution in [0.4, 0.5) is 0 Å². The van der Waals surface area contributed by atoms with E-state index < -0.39 is 18.2 Å². The van der Waals surface area contributed by atoms with Crippen molar-refractivity contribution in [1.82, 2.24) is 4.90 Å². The number of halogens is 1. The second kappa shape index (κ2) is 8.45. The quantitative estimate of drug-likeness (QED) is 0.801. The first-order valence-corrected chi connectivity index (χ1v) is 8.09. The first-order valence-electron chi connectivity index (χ1n) is 7.71. The molecule has 0 bridgehead atoms.